The van der Waals surface area contributed by atoms with E-state index in [0.29, 0.717) is 12.1 Å². The van der Waals surface area contributed by atoms with Crippen molar-refractivity contribution in [2.45, 2.75) is 38.8 Å². The first-order valence-corrected chi connectivity index (χ1v) is 9.13. The van der Waals surface area contributed by atoms with Crippen LogP contribution < -0.4 is 11.1 Å². The highest BCUT2D eigenvalue weighted by atomic mass is 35.5. The highest BCUT2D eigenvalue weighted by molar-refractivity contribution is 5.94. The molecule has 0 radical (unpaired) electrons. The monoisotopic (exact) mass is 404 g/mol. The molecule has 7 heteroatoms. The van der Waals surface area contributed by atoms with Gasteiger partial charge in [0, 0.05) is 50.9 Å². The van der Waals surface area contributed by atoms with Crippen LogP contribution in [0.15, 0.2) is 24.3 Å². The number of carbonyl (C=O) groups is 1. The molecule has 26 heavy (non-hydrogen) atoms. The average molecular weight is 405 g/mol. The number of nitrogens with zero attached hydrogens (tertiary/aromatic N) is 2. The first kappa shape index (κ1) is 25.1. The topological polar surface area (TPSA) is 61.6 Å². The lowest BCUT2D eigenvalue weighted by molar-refractivity contribution is 0.0935. The molecule has 3 N–H and O–H groups in total. The molecular weight excluding hydrogens is 371 g/mol. The molecule has 5 nitrogen and oxygen atoms in total. The largest absolute Gasteiger partial charge is 0.348 e. The Labute approximate surface area is 170 Å². The fourth-order valence-corrected chi connectivity index (χ4v) is 2.99. The van der Waals surface area contributed by atoms with E-state index in [1.165, 1.54) is 5.56 Å². The normalized spacial score (nSPS) is 16.3. The molecule has 150 valence electrons. The molecule has 1 aromatic rings. The number of likely N-dealkylation sites (N-methyl/N-ethyl adjacent to an activating group) is 1. The second-order valence-electron chi connectivity index (χ2n) is 6.82. The molecule has 1 amide bonds. The molecule has 1 saturated heterocycles. The zero-order valence-electron chi connectivity index (χ0n) is 15.9. The molecular formula is C19H34Cl2N4O. The van der Waals surface area contributed by atoms with Crippen LogP contribution in [0.3, 0.4) is 0 Å². The van der Waals surface area contributed by atoms with Gasteiger partial charge >= 0.3 is 0 Å². The maximum absolute atomic E-state index is 12.3. The van der Waals surface area contributed by atoms with E-state index < -0.39 is 0 Å². The molecule has 0 aliphatic carbocycles. The Kier molecular flexibility index (Phi) is 12.9. The lowest BCUT2D eigenvalue weighted by Gasteiger charge is -2.32. The number of hydrogen-bond donors (Lipinski definition) is 2. The molecule has 1 aromatic carbocycles. The van der Waals surface area contributed by atoms with E-state index in [1.54, 1.807) is 0 Å². The van der Waals surface area contributed by atoms with Gasteiger partial charge in [0.2, 0.25) is 0 Å². The predicted molar refractivity (Wildman–Crippen MR) is 114 cm³/mol. The number of amides is 1. The van der Waals surface area contributed by atoms with Gasteiger partial charge in [-0.1, -0.05) is 31.9 Å². The Morgan fingerprint density at radius 2 is 1.77 bits per heavy atom. The third-order valence-corrected chi connectivity index (χ3v) is 4.74. The van der Waals surface area contributed by atoms with Crippen LogP contribution in [-0.4, -0.2) is 61.5 Å². The number of nitrogens with two attached hydrogens (primary N) is 1. The first-order chi connectivity index (χ1) is 11.6. The van der Waals surface area contributed by atoms with Gasteiger partial charge in [-0.25, -0.2) is 0 Å². The van der Waals surface area contributed by atoms with Crippen molar-refractivity contribution in [2.24, 2.45) is 5.73 Å². The van der Waals surface area contributed by atoms with Gasteiger partial charge in [-0.05, 0) is 31.2 Å². The van der Waals surface area contributed by atoms with Crippen LogP contribution in [0.1, 0.15) is 42.1 Å². The van der Waals surface area contributed by atoms with Crippen molar-refractivity contribution < 1.29 is 4.79 Å². The summed E-state index contributed by atoms with van der Waals surface area (Å²) in [5.74, 6) is -0.0206. The minimum atomic E-state index is -0.0206. The second kappa shape index (κ2) is 13.3. The van der Waals surface area contributed by atoms with Crippen LogP contribution in [-0.2, 0) is 6.54 Å². The van der Waals surface area contributed by atoms with E-state index in [4.69, 9.17) is 5.73 Å². The van der Waals surface area contributed by atoms with E-state index in [2.05, 4.69) is 41.2 Å². The minimum Gasteiger partial charge on any atom is -0.348 e. The molecule has 1 atom stereocenters. The smallest absolute Gasteiger partial charge is 0.251 e. The summed E-state index contributed by atoms with van der Waals surface area (Å²) in [6.45, 7) is 8.06. The zero-order chi connectivity index (χ0) is 17.4. The number of unbranched alkanes of at least 4 members (excludes halogenated alkanes) is 1. The summed E-state index contributed by atoms with van der Waals surface area (Å²) in [5, 5.41) is 3.04. The highest BCUT2D eigenvalue weighted by Crippen LogP contribution is 2.10. The SMILES string of the molecule is CCCCC(CN)NC(=O)c1ccc(CN2CCN(C)CC2)cc1.Cl.Cl. The Balaban J connectivity index is 0.00000312. The molecule has 1 unspecified atom stereocenters. The summed E-state index contributed by atoms with van der Waals surface area (Å²) in [5.41, 5.74) is 7.73. The maximum Gasteiger partial charge on any atom is 0.251 e. The number of halogens is 2. The lowest BCUT2D eigenvalue weighted by Crippen LogP contribution is -2.43. The Bertz CT molecular complexity index is 505. The Hall–Kier alpha value is -0.850. The van der Waals surface area contributed by atoms with Gasteiger partial charge < -0.3 is 16.0 Å². The van der Waals surface area contributed by atoms with Gasteiger partial charge in [-0.15, -0.1) is 24.8 Å². The third kappa shape index (κ3) is 8.23. The van der Waals surface area contributed by atoms with Crippen molar-refractivity contribution in [3.63, 3.8) is 0 Å². The zero-order valence-corrected chi connectivity index (χ0v) is 17.6. The van der Waals surface area contributed by atoms with Crippen LogP contribution in [0, 0.1) is 0 Å². The number of piperazine rings is 1. The predicted octanol–water partition coefficient (Wildman–Crippen LogP) is 2.52. The van der Waals surface area contributed by atoms with Crippen molar-refractivity contribution >= 4 is 30.7 Å². The Morgan fingerprint density at radius 3 is 2.31 bits per heavy atom. The molecule has 1 fully saturated rings. The van der Waals surface area contributed by atoms with E-state index >= 15 is 0 Å². The summed E-state index contributed by atoms with van der Waals surface area (Å²) in [7, 11) is 2.17. The number of nitrogens with one attached hydrogen (secondary N) is 1. The Morgan fingerprint density at radius 1 is 1.15 bits per heavy atom. The van der Waals surface area contributed by atoms with Gasteiger partial charge in [0.1, 0.15) is 0 Å². The number of benzene rings is 1. The van der Waals surface area contributed by atoms with Crippen LogP contribution in [0.25, 0.3) is 0 Å². The highest BCUT2D eigenvalue weighted by Gasteiger charge is 2.15. The maximum atomic E-state index is 12.3. The summed E-state index contributed by atoms with van der Waals surface area (Å²) in [6, 6.07) is 8.05. The molecule has 0 aromatic heterocycles. The van der Waals surface area contributed by atoms with Crippen molar-refractivity contribution in [3.05, 3.63) is 35.4 Å². The fraction of sp³-hybridized carbons (Fsp3) is 0.632. The van der Waals surface area contributed by atoms with Crippen molar-refractivity contribution in [2.75, 3.05) is 39.8 Å². The first-order valence-electron chi connectivity index (χ1n) is 9.13. The van der Waals surface area contributed by atoms with E-state index in [-0.39, 0.29) is 36.8 Å². The quantitative estimate of drug-likeness (QED) is 0.698. The van der Waals surface area contributed by atoms with Gasteiger partial charge in [0.15, 0.2) is 0 Å². The third-order valence-electron chi connectivity index (χ3n) is 4.74. The van der Waals surface area contributed by atoms with Crippen LogP contribution in [0.5, 0.6) is 0 Å². The second-order valence-corrected chi connectivity index (χ2v) is 6.82. The van der Waals surface area contributed by atoms with Crippen molar-refractivity contribution in [1.82, 2.24) is 15.1 Å². The molecule has 2 rings (SSSR count). The molecule has 0 bridgehead atoms. The van der Waals surface area contributed by atoms with E-state index in [9.17, 15) is 4.79 Å². The van der Waals surface area contributed by atoms with Gasteiger partial charge in [-0.3, -0.25) is 9.69 Å². The minimum absolute atomic E-state index is 0. The van der Waals surface area contributed by atoms with Crippen molar-refractivity contribution in [1.29, 1.82) is 0 Å². The average Bonchev–Trinajstić information content (AvgIpc) is 2.61. The summed E-state index contributed by atoms with van der Waals surface area (Å²) >= 11 is 0. The summed E-state index contributed by atoms with van der Waals surface area (Å²) in [4.78, 5) is 17.2. The molecule has 1 heterocycles. The number of carbonyl (C=O) groups excluding carboxylic acids is 1. The van der Waals surface area contributed by atoms with E-state index in [1.807, 2.05) is 12.1 Å². The van der Waals surface area contributed by atoms with Crippen LogP contribution >= 0.6 is 24.8 Å². The van der Waals surface area contributed by atoms with Crippen LogP contribution in [0.4, 0.5) is 0 Å². The standard InChI is InChI=1S/C19H32N4O.2ClH/c1-3-4-5-18(14-20)21-19(24)17-8-6-16(7-9-17)15-23-12-10-22(2)11-13-23;;/h6-9,18H,3-5,10-15,20H2,1-2H3,(H,21,24);2*1H. The molecule has 0 saturated carbocycles. The fourth-order valence-electron chi connectivity index (χ4n) is 2.99. The molecule has 0 spiro atoms. The molecule has 1 aliphatic heterocycles. The molecule has 1 aliphatic rings. The van der Waals surface area contributed by atoms with Crippen molar-refractivity contribution in [3.8, 4) is 0 Å². The van der Waals surface area contributed by atoms with Gasteiger partial charge in [0.25, 0.3) is 5.91 Å². The van der Waals surface area contributed by atoms with Gasteiger partial charge in [-0.2, -0.15) is 0 Å². The number of rotatable bonds is 8. The van der Waals surface area contributed by atoms with E-state index in [0.717, 1.165) is 52.0 Å². The number of hydrogen-bond acceptors (Lipinski definition) is 4. The van der Waals surface area contributed by atoms with Gasteiger partial charge in [0.05, 0.1) is 0 Å². The summed E-state index contributed by atoms with van der Waals surface area (Å²) < 4.78 is 0. The summed E-state index contributed by atoms with van der Waals surface area (Å²) in [6.07, 6.45) is 3.15. The van der Waals surface area contributed by atoms with Crippen LogP contribution in [0.2, 0.25) is 0 Å². The lowest BCUT2D eigenvalue weighted by atomic mass is 10.1.